The lowest BCUT2D eigenvalue weighted by Crippen LogP contribution is -2.26. The number of halogens is 2. The van der Waals surface area contributed by atoms with Gasteiger partial charge < -0.3 is 9.47 Å². The molecule has 0 aliphatic heterocycles. The third-order valence-electron chi connectivity index (χ3n) is 2.15. The van der Waals surface area contributed by atoms with Crippen molar-refractivity contribution >= 4 is 5.97 Å². The Morgan fingerprint density at radius 2 is 1.84 bits per heavy atom. The highest BCUT2D eigenvalue weighted by atomic mass is 19.3. The predicted molar refractivity (Wildman–Crippen MR) is 69.9 cm³/mol. The molecule has 0 N–H and O–H groups in total. The molecule has 0 rings (SSSR count). The number of esters is 1. The first kappa shape index (κ1) is 17.6. The molecule has 0 amide bonds. The molecule has 0 aliphatic carbocycles. The molecule has 0 saturated carbocycles. The Morgan fingerprint density at radius 1 is 1.32 bits per heavy atom. The molecule has 1 atom stereocenters. The molecule has 0 aromatic heterocycles. The van der Waals surface area contributed by atoms with Crippen molar-refractivity contribution in [3.05, 3.63) is 24.5 Å². The second kappa shape index (κ2) is 7.26. The highest BCUT2D eigenvalue weighted by Crippen LogP contribution is 2.20. The molecule has 19 heavy (non-hydrogen) atoms. The quantitative estimate of drug-likeness (QED) is 0.385. The summed E-state index contributed by atoms with van der Waals surface area (Å²) in [7, 11) is 0. The second-order valence-corrected chi connectivity index (χ2v) is 5.13. The first-order valence-corrected chi connectivity index (χ1v) is 6.09. The van der Waals surface area contributed by atoms with Crippen LogP contribution in [-0.4, -0.2) is 24.6 Å². The monoisotopic (exact) mass is 276 g/mol. The summed E-state index contributed by atoms with van der Waals surface area (Å²) in [6, 6.07) is 0. The molecule has 0 fully saturated rings. The number of alkyl halides is 2. The fourth-order valence-corrected chi connectivity index (χ4v) is 1.22. The van der Waals surface area contributed by atoms with Crippen molar-refractivity contribution in [1.82, 2.24) is 0 Å². The van der Waals surface area contributed by atoms with Crippen LogP contribution in [0.1, 0.15) is 34.1 Å². The number of hydrogen-bond acceptors (Lipinski definition) is 3. The molecule has 0 saturated heterocycles. The number of hydrogen-bond donors (Lipinski definition) is 0. The smallest absolute Gasteiger partial charge is 0.333 e. The van der Waals surface area contributed by atoms with Gasteiger partial charge in [0, 0.05) is 12.5 Å². The van der Waals surface area contributed by atoms with Crippen LogP contribution in [0.15, 0.2) is 24.5 Å². The Morgan fingerprint density at radius 3 is 2.21 bits per heavy atom. The molecule has 3 nitrogen and oxygen atoms in total. The van der Waals surface area contributed by atoms with Gasteiger partial charge in [-0.25, -0.2) is 13.6 Å². The molecule has 0 spiro atoms. The lowest BCUT2D eigenvalue weighted by molar-refractivity contribution is -0.145. The van der Waals surface area contributed by atoms with Crippen LogP contribution in [-0.2, 0) is 14.3 Å². The largest absolute Gasteiger partial charge is 0.488 e. The van der Waals surface area contributed by atoms with Crippen molar-refractivity contribution in [2.45, 2.75) is 46.1 Å². The van der Waals surface area contributed by atoms with E-state index in [0.717, 1.165) is 6.92 Å². The maximum absolute atomic E-state index is 12.7. The van der Waals surface area contributed by atoms with Crippen LogP contribution in [0.3, 0.4) is 0 Å². The van der Waals surface area contributed by atoms with Crippen molar-refractivity contribution in [2.24, 2.45) is 5.92 Å². The van der Waals surface area contributed by atoms with Crippen LogP contribution < -0.4 is 0 Å². The first-order chi connectivity index (χ1) is 8.53. The number of carbonyl (C=O) groups is 1. The van der Waals surface area contributed by atoms with E-state index < -0.39 is 24.6 Å². The summed E-state index contributed by atoms with van der Waals surface area (Å²) in [5.74, 6) is -3.31. The van der Waals surface area contributed by atoms with E-state index in [9.17, 15) is 13.6 Å². The fraction of sp³-hybridized carbons (Fsp3) is 0.643. The van der Waals surface area contributed by atoms with E-state index in [1.807, 2.05) is 13.8 Å². The summed E-state index contributed by atoms with van der Waals surface area (Å²) in [4.78, 5) is 11.5. The highest BCUT2D eigenvalue weighted by molar-refractivity contribution is 5.87. The van der Waals surface area contributed by atoms with Crippen LogP contribution in [0.4, 0.5) is 8.78 Å². The van der Waals surface area contributed by atoms with Crippen molar-refractivity contribution in [1.29, 1.82) is 0 Å². The van der Waals surface area contributed by atoms with Gasteiger partial charge in [0.1, 0.15) is 5.76 Å². The zero-order valence-electron chi connectivity index (χ0n) is 12.0. The van der Waals surface area contributed by atoms with Gasteiger partial charge in [0.15, 0.2) is 12.7 Å². The molecule has 5 heteroatoms. The average molecular weight is 276 g/mol. The molecular weight excluding hydrogens is 254 g/mol. The van der Waals surface area contributed by atoms with E-state index in [1.165, 1.54) is 6.92 Å². The summed E-state index contributed by atoms with van der Waals surface area (Å²) < 4.78 is 35.5. The van der Waals surface area contributed by atoms with Crippen LogP contribution in [0.25, 0.3) is 0 Å². The summed E-state index contributed by atoms with van der Waals surface area (Å²) >= 11 is 0. The summed E-state index contributed by atoms with van der Waals surface area (Å²) in [6.45, 7) is 12.3. The normalized spacial score (nSPS) is 13.0. The van der Waals surface area contributed by atoms with Crippen molar-refractivity contribution in [3.63, 3.8) is 0 Å². The molecule has 110 valence electrons. The van der Waals surface area contributed by atoms with Gasteiger partial charge in [-0.05, 0) is 19.3 Å². The standard InChI is InChI=1S/C14H22F2O3/c1-9(2)7-12(19-13(17)10(3)4)11(5)18-8-14(6,15)16/h9,12H,3,5,7-8H2,1-2,4,6H3. The van der Waals surface area contributed by atoms with E-state index in [4.69, 9.17) is 9.47 Å². The molecule has 0 bridgehead atoms. The lowest BCUT2D eigenvalue weighted by Gasteiger charge is -2.23. The number of rotatable bonds is 8. The van der Waals surface area contributed by atoms with Gasteiger partial charge in [-0.15, -0.1) is 0 Å². The summed E-state index contributed by atoms with van der Waals surface area (Å²) in [5, 5.41) is 0. The molecule has 0 heterocycles. The minimum Gasteiger partial charge on any atom is -0.488 e. The Kier molecular flexibility index (Phi) is 6.73. The van der Waals surface area contributed by atoms with Crippen molar-refractivity contribution < 1.29 is 23.0 Å². The van der Waals surface area contributed by atoms with Gasteiger partial charge in [-0.2, -0.15) is 0 Å². The van der Waals surface area contributed by atoms with Gasteiger partial charge in [0.2, 0.25) is 0 Å². The minimum absolute atomic E-state index is 0.0322. The topological polar surface area (TPSA) is 35.5 Å². The van der Waals surface area contributed by atoms with Gasteiger partial charge >= 0.3 is 5.97 Å². The van der Waals surface area contributed by atoms with Gasteiger partial charge in [-0.1, -0.05) is 27.0 Å². The van der Waals surface area contributed by atoms with E-state index in [-0.39, 0.29) is 17.3 Å². The number of ether oxygens (including phenoxy) is 2. The van der Waals surface area contributed by atoms with Gasteiger partial charge in [0.25, 0.3) is 5.92 Å². The minimum atomic E-state index is -2.95. The zero-order chi connectivity index (χ0) is 15.2. The molecule has 1 unspecified atom stereocenters. The Bertz CT molecular complexity index is 343. The maximum Gasteiger partial charge on any atom is 0.333 e. The van der Waals surface area contributed by atoms with E-state index in [1.54, 1.807) is 0 Å². The van der Waals surface area contributed by atoms with Gasteiger partial charge in [0.05, 0.1) is 0 Å². The SMILES string of the molecule is C=C(C)C(=O)OC(CC(C)C)C(=C)OCC(C)(F)F. The average Bonchev–Trinajstić information content (AvgIpc) is 2.22. The molecular formula is C14H22F2O3. The Hall–Kier alpha value is -1.39. The van der Waals surface area contributed by atoms with E-state index >= 15 is 0 Å². The third-order valence-corrected chi connectivity index (χ3v) is 2.15. The van der Waals surface area contributed by atoms with Crippen LogP contribution in [0.5, 0.6) is 0 Å². The number of carbonyl (C=O) groups excluding carboxylic acids is 1. The predicted octanol–water partition coefficient (Wildman–Crippen LogP) is 3.71. The van der Waals surface area contributed by atoms with Crippen molar-refractivity contribution in [3.8, 4) is 0 Å². The van der Waals surface area contributed by atoms with Crippen molar-refractivity contribution in [2.75, 3.05) is 6.61 Å². The Labute approximate surface area is 113 Å². The molecule has 0 radical (unpaired) electrons. The van der Waals surface area contributed by atoms with Crippen LogP contribution in [0.2, 0.25) is 0 Å². The fourth-order valence-electron chi connectivity index (χ4n) is 1.22. The lowest BCUT2D eigenvalue weighted by atomic mass is 10.0. The maximum atomic E-state index is 12.7. The van der Waals surface area contributed by atoms with Crippen LogP contribution in [0, 0.1) is 5.92 Å². The highest BCUT2D eigenvalue weighted by Gasteiger charge is 2.26. The summed E-state index contributed by atoms with van der Waals surface area (Å²) in [5.41, 5.74) is 0.238. The Balaban J connectivity index is 4.61. The van der Waals surface area contributed by atoms with E-state index in [0.29, 0.717) is 6.42 Å². The third kappa shape index (κ3) is 8.35. The van der Waals surface area contributed by atoms with E-state index in [2.05, 4.69) is 13.2 Å². The second-order valence-electron chi connectivity index (χ2n) is 5.13. The molecule has 0 aromatic rings. The molecule has 0 aliphatic rings. The molecule has 0 aromatic carbocycles. The van der Waals surface area contributed by atoms with Gasteiger partial charge in [-0.3, -0.25) is 0 Å². The van der Waals surface area contributed by atoms with Crippen LogP contribution >= 0.6 is 0 Å². The summed E-state index contributed by atoms with van der Waals surface area (Å²) in [6.07, 6.45) is -0.292. The zero-order valence-corrected chi connectivity index (χ0v) is 12.0. The first-order valence-electron chi connectivity index (χ1n) is 6.09.